The molecule has 9 rings (SSSR count). The number of amides is 8. The highest BCUT2D eigenvalue weighted by Crippen LogP contribution is 2.48. The molecular weight excluding hydrogens is 1010 g/mol. The molecule has 2 aliphatic carbocycles. The Morgan fingerprint density at radius 2 is 1.55 bits per heavy atom. The summed E-state index contributed by atoms with van der Waals surface area (Å²) < 4.78 is 28.6. The maximum absolute atomic E-state index is 15.5. The molecule has 0 bridgehead atoms. The van der Waals surface area contributed by atoms with Crippen LogP contribution >= 0.6 is 0 Å². The molecule has 4 aromatic rings. The van der Waals surface area contributed by atoms with Gasteiger partial charge in [0.2, 0.25) is 35.4 Å². The fourth-order valence-electron chi connectivity index (χ4n) is 11.2. The maximum atomic E-state index is 15.5. The van der Waals surface area contributed by atoms with Gasteiger partial charge in [-0.15, -0.1) is 0 Å². The molecule has 20 nitrogen and oxygen atoms in total. The molecule has 3 atom stereocenters. The fourth-order valence-corrected chi connectivity index (χ4v) is 11.2. The highest BCUT2D eigenvalue weighted by atomic mass is 19.1. The molecule has 8 amide bonds. The van der Waals surface area contributed by atoms with Crippen molar-refractivity contribution in [1.29, 1.82) is 0 Å². The fraction of sp³-hybridized carbons (Fsp3) is 0.439. The summed E-state index contributed by atoms with van der Waals surface area (Å²) in [6.07, 6.45) is 7.51. The Labute approximate surface area is 448 Å². The van der Waals surface area contributed by atoms with Crippen molar-refractivity contribution in [2.75, 3.05) is 39.5 Å². The molecule has 6 N–H and O–H groups in total. The molecule has 4 heterocycles. The van der Waals surface area contributed by atoms with Gasteiger partial charge in [0.05, 0.1) is 61.4 Å². The van der Waals surface area contributed by atoms with Crippen LogP contribution in [0.25, 0.3) is 22.0 Å². The lowest BCUT2D eigenvalue weighted by atomic mass is 9.68. The third kappa shape index (κ3) is 11.6. The van der Waals surface area contributed by atoms with Crippen LogP contribution < -0.4 is 37.5 Å². The number of fused-ring (bicyclic) bond motifs is 5. The van der Waals surface area contributed by atoms with E-state index in [2.05, 4.69) is 31.9 Å². The number of ether oxygens (including phenoxy) is 2. The molecule has 410 valence electrons. The number of cyclic esters (lactones) is 1. The van der Waals surface area contributed by atoms with Crippen LogP contribution in [-0.4, -0.2) is 108 Å². The first kappa shape index (κ1) is 54.7. The topological polar surface area (TPSA) is 270 Å². The van der Waals surface area contributed by atoms with Crippen molar-refractivity contribution >= 4 is 64.0 Å². The molecular formula is C57H63FN8O12. The largest absolute Gasteiger partial charge is 0.460 e. The molecule has 3 aliphatic heterocycles. The third-order valence-electron chi connectivity index (χ3n) is 15.7. The van der Waals surface area contributed by atoms with E-state index in [-0.39, 0.29) is 93.4 Å². The third-order valence-corrected chi connectivity index (χ3v) is 15.7. The number of halogens is 1. The quantitative estimate of drug-likeness (QED) is 0.0239. The van der Waals surface area contributed by atoms with E-state index < -0.39 is 60.1 Å². The van der Waals surface area contributed by atoms with Gasteiger partial charge < -0.3 is 45.9 Å². The SMILES string of the molecule is CC[C@H]1C(=O)OCc2c1cc1n(c2=O)Cc2c-1cc1cc(F)c(C)c3c1c2[C@@H](NC(=O)C1(COCNC(=O)CNC(=O)[C@H](Cc2ccccc2)NC(=O)CNC(=O)CNC(=O)CCCCCN2C(=O)C=CC2=O)CCC1)CC3. The van der Waals surface area contributed by atoms with Gasteiger partial charge in [-0.25, -0.2) is 4.39 Å². The van der Waals surface area contributed by atoms with Gasteiger partial charge in [0, 0.05) is 37.1 Å². The number of aromatic nitrogens is 1. The van der Waals surface area contributed by atoms with E-state index in [1.807, 2.05) is 19.1 Å². The van der Waals surface area contributed by atoms with E-state index in [1.54, 1.807) is 41.8 Å². The zero-order valence-electron chi connectivity index (χ0n) is 43.6. The molecule has 78 heavy (non-hydrogen) atoms. The van der Waals surface area contributed by atoms with Gasteiger partial charge in [-0.05, 0) is 114 Å². The number of carbonyl (C=O) groups excluding carboxylic acids is 9. The summed E-state index contributed by atoms with van der Waals surface area (Å²) in [6, 6.07) is 12.6. The Hall–Kier alpha value is -8.07. The van der Waals surface area contributed by atoms with Crippen LogP contribution in [-0.2, 0) is 78.6 Å². The van der Waals surface area contributed by atoms with Gasteiger partial charge in [-0.3, -0.25) is 52.8 Å². The number of rotatable bonds is 23. The Balaban J connectivity index is 0.755. The van der Waals surface area contributed by atoms with Crippen LogP contribution in [0.2, 0.25) is 0 Å². The first-order valence-electron chi connectivity index (χ1n) is 26.6. The van der Waals surface area contributed by atoms with Gasteiger partial charge in [0.25, 0.3) is 17.4 Å². The van der Waals surface area contributed by atoms with E-state index in [4.69, 9.17) is 9.47 Å². The highest BCUT2D eigenvalue weighted by molar-refractivity contribution is 6.12. The molecule has 0 radical (unpaired) electrons. The monoisotopic (exact) mass is 1070 g/mol. The number of unbranched alkanes of at least 4 members (excludes halogenated alkanes) is 2. The molecule has 0 saturated heterocycles. The molecule has 0 unspecified atom stereocenters. The van der Waals surface area contributed by atoms with E-state index >= 15 is 4.39 Å². The molecule has 3 aromatic carbocycles. The van der Waals surface area contributed by atoms with Crippen molar-refractivity contribution in [1.82, 2.24) is 41.4 Å². The first-order chi connectivity index (χ1) is 37.5. The number of esters is 1. The Morgan fingerprint density at radius 3 is 2.28 bits per heavy atom. The standard InChI is InChI=1S/C57H63FN8O12/c1-3-35-37-24-44-38-22-34-23-41(58)32(2)36-14-15-42(52(51(34)36)39(38)28-66(44)54(74)40(37)29-78-55(35)75)64-56(76)57(18-10-19-57)30-77-31-62-47(69)26-61-53(73)43(21-33-11-6-4-7-12-33)63-48(70)27-60-46(68)25-59-45(67)13-8-5-9-20-65-49(71)16-17-50(65)72/h4,6-7,11-12,16-17,22-24,35,42-43H,3,5,8-10,13-15,18-21,25-31H2,1-2H3,(H,59,67)(H,60,68)(H,61,73)(H,62,69)(H,63,70)(H,64,76)/t35-,42+,43+/m1/s1. The van der Waals surface area contributed by atoms with Crippen LogP contribution in [0, 0.1) is 18.2 Å². The summed E-state index contributed by atoms with van der Waals surface area (Å²) >= 11 is 0. The van der Waals surface area contributed by atoms with Crippen molar-refractivity contribution in [2.45, 2.75) is 116 Å². The second-order valence-corrected chi connectivity index (χ2v) is 20.6. The molecule has 1 fully saturated rings. The number of carbonyl (C=O) groups is 9. The maximum Gasteiger partial charge on any atom is 0.313 e. The highest BCUT2D eigenvalue weighted by Gasteiger charge is 2.46. The van der Waals surface area contributed by atoms with Crippen LogP contribution in [0.15, 0.2) is 65.5 Å². The van der Waals surface area contributed by atoms with Crippen LogP contribution in [0.3, 0.4) is 0 Å². The summed E-state index contributed by atoms with van der Waals surface area (Å²) in [7, 11) is 0. The zero-order valence-corrected chi connectivity index (χ0v) is 43.6. The molecule has 5 aliphatic rings. The number of pyridine rings is 1. The van der Waals surface area contributed by atoms with E-state index in [1.165, 1.54) is 18.2 Å². The minimum Gasteiger partial charge on any atom is -0.460 e. The second-order valence-electron chi connectivity index (χ2n) is 20.6. The van der Waals surface area contributed by atoms with Gasteiger partial charge in [0.1, 0.15) is 25.2 Å². The number of imide groups is 1. The van der Waals surface area contributed by atoms with Crippen molar-refractivity contribution in [3.05, 3.63) is 116 Å². The molecule has 1 saturated carbocycles. The van der Waals surface area contributed by atoms with E-state index in [0.29, 0.717) is 84.7 Å². The summed E-state index contributed by atoms with van der Waals surface area (Å²) in [4.78, 5) is 130. The van der Waals surface area contributed by atoms with Crippen LogP contribution in [0.5, 0.6) is 0 Å². The van der Waals surface area contributed by atoms with Crippen LogP contribution in [0.4, 0.5) is 4.39 Å². The van der Waals surface area contributed by atoms with Gasteiger partial charge in [-0.1, -0.05) is 50.1 Å². The van der Waals surface area contributed by atoms with Crippen molar-refractivity contribution in [2.24, 2.45) is 5.41 Å². The van der Waals surface area contributed by atoms with E-state index in [0.717, 1.165) is 39.0 Å². The summed E-state index contributed by atoms with van der Waals surface area (Å²) in [5, 5.41) is 17.5. The van der Waals surface area contributed by atoms with Crippen LogP contribution in [0.1, 0.15) is 116 Å². The predicted molar refractivity (Wildman–Crippen MR) is 280 cm³/mol. The number of nitrogens with zero attached hydrogens (tertiary/aromatic N) is 2. The zero-order chi connectivity index (χ0) is 55.3. The summed E-state index contributed by atoms with van der Waals surface area (Å²) in [5.74, 6) is -5.22. The first-order valence-corrected chi connectivity index (χ1v) is 26.6. The Kier molecular flexibility index (Phi) is 16.6. The lowest BCUT2D eigenvalue weighted by molar-refractivity contribution is -0.148. The minimum absolute atomic E-state index is 0.00557. The normalized spacial score (nSPS) is 17.7. The Morgan fingerprint density at radius 1 is 0.833 bits per heavy atom. The van der Waals surface area contributed by atoms with E-state index in [9.17, 15) is 47.9 Å². The van der Waals surface area contributed by atoms with Gasteiger partial charge >= 0.3 is 5.97 Å². The Bertz CT molecular complexity index is 3190. The lowest BCUT2D eigenvalue weighted by Gasteiger charge is -2.41. The smallest absolute Gasteiger partial charge is 0.313 e. The molecule has 0 spiro atoms. The second kappa shape index (κ2) is 23.7. The predicted octanol–water partition coefficient (Wildman–Crippen LogP) is 2.95. The average molecular weight is 1070 g/mol. The summed E-state index contributed by atoms with van der Waals surface area (Å²) in [5.41, 5.74) is 5.16. The van der Waals surface area contributed by atoms with Gasteiger partial charge in [0.15, 0.2) is 0 Å². The van der Waals surface area contributed by atoms with Crippen molar-refractivity contribution < 1.29 is 57.0 Å². The summed E-state index contributed by atoms with van der Waals surface area (Å²) in [6.45, 7) is 2.38. The average Bonchev–Trinajstić information content (AvgIpc) is 3.93. The minimum atomic E-state index is -1.13. The number of aryl methyl sites for hydroxylation is 1. The number of hydrogen-bond acceptors (Lipinski definition) is 12. The van der Waals surface area contributed by atoms with Crippen molar-refractivity contribution in [3.8, 4) is 11.3 Å². The number of benzene rings is 3. The lowest BCUT2D eigenvalue weighted by Crippen LogP contribution is -2.52. The molecule has 1 aromatic heterocycles. The number of nitrogens with one attached hydrogen (secondary N) is 6. The molecule has 21 heteroatoms. The number of hydrogen-bond donors (Lipinski definition) is 6. The van der Waals surface area contributed by atoms with Crippen molar-refractivity contribution in [3.63, 3.8) is 0 Å². The van der Waals surface area contributed by atoms with Gasteiger partial charge in [-0.2, -0.15) is 0 Å².